The highest BCUT2D eigenvalue weighted by atomic mass is 16.6. The third-order valence-corrected chi connectivity index (χ3v) is 2.93. The summed E-state index contributed by atoms with van der Waals surface area (Å²) in [5.74, 6) is 0.785. The third kappa shape index (κ3) is 5.61. The average Bonchev–Trinajstić information content (AvgIpc) is 2.38. The minimum absolute atomic E-state index is 0.220. The van der Waals surface area contributed by atoms with Gasteiger partial charge in [-0.15, -0.1) is 0 Å². The summed E-state index contributed by atoms with van der Waals surface area (Å²) in [6.45, 7) is 7.70. The molecule has 0 aliphatic rings. The van der Waals surface area contributed by atoms with E-state index in [0.717, 1.165) is 12.2 Å². The van der Waals surface area contributed by atoms with Crippen LogP contribution < -0.4 is 10.5 Å². The molecule has 0 spiro atoms. The number of esters is 1. The molecule has 1 rings (SSSR count). The number of nitrogens with two attached hydrogens (primary N) is 1. The van der Waals surface area contributed by atoms with Crippen LogP contribution in [0.2, 0.25) is 0 Å². The Morgan fingerprint density at radius 1 is 1.15 bits per heavy atom. The molecule has 2 N–H and O–H groups in total. The number of ether oxygens (including phenoxy) is 2. The Bertz CT molecular complexity index is 403. The molecule has 0 saturated carbocycles. The van der Waals surface area contributed by atoms with Crippen molar-refractivity contribution < 1.29 is 14.3 Å². The van der Waals surface area contributed by atoms with Gasteiger partial charge in [0.25, 0.3) is 0 Å². The third-order valence-electron chi connectivity index (χ3n) is 2.93. The predicted octanol–water partition coefficient (Wildman–Crippen LogP) is 2.76. The maximum Gasteiger partial charge on any atom is 0.323 e. The molecule has 0 saturated heterocycles. The lowest BCUT2D eigenvalue weighted by molar-refractivity contribution is -0.155. The zero-order valence-corrected chi connectivity index (χ0v) is 12.7. The van der Waals surface area contributed by atoms with Gasteiger partial charge in [0.05, 0.1) is 0 Å². The van der Waals surface area contributed by atoms with Crippen molar-refractivity contribution in [1.29, 1.82) is 0 Å². The average molecular weight is 279 g/mol. The second kappa shape index (κ2) is 7.90. The van der Waals surface area contributed by atoms with Crippen LogP contribution in [0.4, 0.5) is 0 Å². The SMILES string of the molecule is CC(C)C[C@H](OC(=O)[C@H](C)N)[C@H](C)Oc1ccccc1. The van der Waals surface area contributed by atoms with Crippen LogP contribution in [0.25, 0.3) is 0 Å². The lowest BCUT2D eigenvalue weighted by Gasteiger charge is -2.27. The molecule has 0 bridgehead atoms. The highest BCUT2D eigenvalue weighted by Gasteiger charge is 2.25. The molecule has 0 unspecified atom stereocenters. The van der Waals surface area contributed by atoms with Crippen LogP contribution in [0.1, 0.15) is 34.1 Å². The summed E-state index contributed by atoms with van der Waals surface area (Å²) >= 11 is 0. The summed E-state index contributed by atoms with van der Waals surface area (Å²) in [4.78, 5) is 11.7. The van der Waals surface area contributed by atoms with Crippen LogP contribution in [0.3, 0.4) is 0 Å². The lowest BCUT2D eigenvalue weighted by Crippen LogP contribution is -2.39. The minimum Gasteiger partial charge on any atom is -0.487 e. The molecule has 0 aliphatic carbocycles. The van der Waals surface area contributed by atoms with Crippen LogP contribution in [-0.2, 0) is 9.53 Å². The molecule has 112 valence electrons. The van der Waals surface area contributed by atoms with E-state index in [9.17, 15) is 4.79 Å². The van der Waals surface area contributed by atoms with Crippen LogP contribution >= 0.6 is 0 Å². The smallest absolute Gasteiger partial charge is 0.323 e. The molecule has 20 heavy (non-hydrogen) atoms. The molecule has 3 atom stereocenters. The van der Waals surface area contributed by atoms with Gasteiger partial charge in [0.2, 0.25) is 0 Å². The number of carbonyl (C=O) groups is 1. The van der Waals surface area contributed by atoms with Crippen molar-refractivity contribution in [3.63, 3.8) is 0 Å². The first kappa shape index (κ1) is 16.5. The van der Waals surface area contributed by atoms with Gasteiger partial charge in [-0.1, -0.05) is 32.0 Å². The Kier molecular flexibility index (Phi) is 6.52. The van der Waals surface area contributed by atoms with Gasteiger partial charge < -0.3 is 15.2 Å². The van der Waals surface area contributed by atoms with E-state index < -0.39 is 6.04 Å². The molecule has 0 radical (unpaired) electrons. The molecule has 1 aromatic rings. The fraction of sp³-hybridized carbons (Fsp3) is 0.562. The molecular weight excluding hydrogens is 254 g/mol. The van der Waals surface area contributed by atoms with Crippen molar-refractivity contribution in [3.05, 3.63) is 30.3 Å². The first-order chi connectivity index (χ1) is 9.40. The standard InChI is InChI=1S/C16H25NO3/c1-11(2)10-15(20-16(18)12(3)17)13(4)19-14-8-6-5-7-9-14/h5-9,11-13,15H,10,17H2,1-4H3/t12-,13-,15-/m0/s1. The van der Waals surface area contributed by atoms with Crippen molar-refractivity contribution in [2.75, 3.05) is 0 Å². The van der Waals surface area contributed by atoms with Crippen LogP contribution in [0, 0.1) is 5.92 Å². The Morgan fingerprint density at radius 2 is 1.75 bits per heavy atom. The summed E-state index contributed by atoms with van der Waals surface area (Å²) in [6, 6.07) is 8.90. The number of para-hydroxylation sites is 1. The summed E-state index contributed by atoms with van der Waals surface area (Å²) < 4.78 is 11.3. The fourth-order valence-electron chi connectivity index (χ4n) is 1.85. The largest absolute Gasteiger partial charge is 0.487 e. The maximum atomic E-state index is 11.7. The topological polar surface area (TPSA) is 61.5 Å². The summed E-state index contributed by atoms with van der Waals surface area (Å²) in [6.07, 6.45) is 0.225. The molecule has 0 aliphatic heterocycles. The lowest BCUT2D eigenvalue weighted by atomic mass is 10.0. The van der Waals surface area contributed by atoms with Gasteiger partial charge in [-0.2, -0.15) is 0 Å². The van der Waals surface area contributed by atoms with E-state index in [-0.39, 0.29) is 18.2 Å². The first-order valence-electron chi connectivity index (χ1n) is 7.08. The molecule has 0 aromatic heterocycles. The highest BCUT2D eigenvalue weighted by Crippen LogP contribution is 2.18. The van der Waals surface area contributed by atoms with Gasteiger partial charge >= 0.3 is 5.97 Å². The van der Waals surface area contributed by atoms with Gasteiger partial charge in [-0.25, -0.2) is 0 Å². The van der Waals surface area contributed by atoms with E-state index in [1.54, 1.807) is 6.92 Å². The van der Waals surface area contributed by atoms with Gasteiger partial charge in [0.1, 0.15) is 24.0 Å². The monoisotopic (exact) mass is 279 g/mol. The van der Waals surface area contributed by atoms with E-state index in [2.05, 4.69) is 13.8 Å². The Balaban J connectivity index is 2.68. The van der Waals surface area contributed by atoms with Crippen molar-refractivity contribution in [2.45, 2.75) is 52.4 Å². The fourth-order valence-corrected chi connectivity index (χ4v) is 1.85. The van der Waals surface area contributed by atoms with Crippen molar-refractivity contribution >= 4 is 5.97 Å². The summed E-state index contributed by atoms with van der Waals surface area (Å²) in [5, 5.41) is 0. The number of benzene rings is 1. The maximum absolute atomic E-state index is 11.7. The molecule has 0 heterocycles. The molecular formula is C16H25NO3. The van der Waals surface area contributed by atoms with E-state index in [1.165, 1.54) is 0 Å². The zero-order chi connectivity index (χ0) is 15.1. The number of carbonyl (C=O) groups excluding carboxylic acids is 1. The van der Waals surface area contributed by atoms with Gasteiger partial charge in [0, 0.05) is 0 Å². The Hall–Kier alpha value is -1.55. The number of hydrogen-bond acceptors (Lipinski definition) is 4. The van der Waals surface area contributed by atoms with Crippen molar-refractivity contribution in [1.82, 2.24) is 0 Å². The highest BCUT2D eigenvalue weighted by molar-refractivity contribution is 5.75. The van der Waals surface area contributed by atoms with Gasteiger partial charge in [-0.05, 0) is 38.3 Å². The quantitative estimate of drug-likeness (QED) is 0.780. The molecule has 1 aromatic carbocycles. The van der Waals surface area contributed by atoms with E-state index in [0.29, 0.717) is 5.92 Å². The van der Waals surface area contributed by atoms with Crippen LogP contribution in [0.5, 0.6) is 5.75 Å². The van der Waals surface area contributed by atoms with Gasteiger partial charge in [-0.3, -0.25) is 4.79 Å². The molecule has 4 nitrogen and oxygen atoms in total. The zero-order valence-electron chi connectivity index (χ0n) is 12.7. The first-order valence-corrected chi connectivity index (χ1v) is 7.08. The molecule has 0 fully saturated rings. The van der Waals surface area contributed by atoms with Crippen LogP contribution in [0.15, 0.2) is 30.3 Å². The van der Waals surface area contributed by atoms with E-state index in [1.807, 2.05) is 37.3 Å². The summed E-state index contributed by atoms with van der Waals surface area (Å²) in [5.41, 5.74) is 5.55. The molecule has 0 amide bonds. The second-order valence-electron chi connectivity index (χ2n) is 5.53. The minimum atomic E-state index is -0.617. The molecule has 4 heteroatoms. The normalized spacial score (nSPS) is 15.5. The summed E-state index contributed by atoms with van der Waals surface area (Å²) in [7, 11) is 0. The predicted molar refractivity (Wildman–Crippen MR) is 79.5 cm³/mol. The Labute approximate surface area is 121 Å². The second-order valence-corrected chi connectivity index (χ2v) is 5.53. The van der Waals surface area contributed by atoms with Crippen molar-refractivity contribution in [2.24, 2.45) is 11.7 Å². The number of hydrogen-bond donors (Lipinski definition) is 1. The van der Waals surface area contributed by atoms with Crippen molar-refractivity contribution in [3.8, 4) is 5.75 Å². The van der Waals surface area contributed by atoms with Gasteiger partial charge in [0.15, 0.2) is 0 Å². The Morgan fingerprint density at radius 3 is 2.25 bits per heavy atom. The van der Waals surface area contributed by atoms with E-state index in [4.69, 9.17) is 15.2 Å². The van der Waals surface area contributed by atoms with E-state index >= 15 is 0 Å². The van der Waals surface area contributed by atoms with Crippen LogP contribution in [-0.4, -0.2) is 24.2 Å². The number of rotatable bonds is 7.